The van der Waals surface area contributed by atoms with Crippen LogP contribution in [0.3, 0.4) is 0 Å². The van der Waals surface area contributed by atoms with Crippen LogP contribution in [-0.4, -0.2) is 85.2 Å². The van der Waals surface area contributed by atoms with E-state index >= 15 is 0 Å². The van der Waals surface area contributed by atoms with Crippen molar-refractivity contribution in [2.24, 2.45) is 11.8 Å². The summed E-state index contributed by atoms with van der Waals surface area (Å²) in [5.74, 6) is 2.04. The van der Waals surface area contributed by atoms with Gasteiger partial charge in [0, 0.05) is 32.1 Å². The lowest BCUT2D eigenvalue weighted by molar-refractivity contribution is -0.139. The van der Waals surface area contributed by atoms with Crippen molar-refractivity contribution < 1.29 is 9.53 Å². The second-order valence-electron chi connectivity index (χ2n) is 8.84. The Kier molecular flexibility index (Phi) is 10.2. The number of piperidine rings is 2. The van der Waals surface area contributed by atoms with E-state index in [0.29, 0.717) is 13.0 Å². The van der Waals surface area contributed by atoms with E-state index in [1.54, 1.807) is 0 Å². The number of nitrogens with zero attached hydrogens (tertiary/aromatic N) is 3. The van der Waals surface area contributed by atoms with Crippen molar-refractivity contribution in [2.45, 2.75) is 78.9 Å². The lowest BCUT2D eigenvalue weighted by Gasteiger charge is -2.43. The molecule has 3 fully saturated rings. The SMILES string of the molecule is CC.CCC(=O)N1CCO[C@@H](CN2CCC(N3CCC(C(C)C)CC3)CC2)C1. The van der Waals surface area contributed by atoms with Gasteiger partial charge in [0.15, 0.2) is 0 Å². The second-order valence-corrected chi connectivity index (χ2v) is 8.84. The van der Waals surface area contributed by atoms with Gasteiger partial charge in [-0.3, -0.25) is 4.79 Å². The smallest absolute Gasteiger partial charge is 0.222 e. The Morgan fingerprint density at radius 3 is 2.21 bits per heavy atom. The molecule has 0 saturated carbocycles. The molecule has 0 radical (unpaired) electrons. The average molecular weight is 396 g/mol. The molecule has 0 N–H and O–H groups in total. The van der Waals surface area contributed by atoms with Crippen LogP contribution < -0.4 is 0 Å². The van der Waals surface area contributed by atoms with Crippen molar-refractivity contribution >= 4 is 5.91 Å². The van der Waals surface area contributed by atoms with Crippen LogP contribution >= 0.6 is 0 Å². The zero-order chi connectivity index (χ0) is 20.5. The van der Waals surface area contributed by atoms with E-state index in [2.05, 4.69) is 23.6 Å². The Labute approximate surface area is 173 Å². The van der Waals surface area contributed by atoms with Gasteiger partial charge in [0.05, 0.1) is 12.7 Å². The topological polar surface area (TPSA) is 36.0 Å². The maximum absolute atomic E-state index is 11.9. The van der Waals surface area contributed by atoms with Gasteiger partial charge >= 0.3 is 0 Å². The van der Waals surface area contributed by atoms with E-state index in [0.717, 1.165) is 37.5 Å². The van der Waals surface area contributed by atoms with Crippen molar-refractivity contribution in [3.63, 3.8) is 0 Å². The minimum absolute atomic E-state index is 0.192. The number of likely N-dealkylation sites (tertiary alicyclic amines) is 2. The molecule has 164 valence electrons. The van der Waals surface area contributed by atoms with Gasteiger partial charge in [-0.2, -0.15) is 0 Å². The van der Waals surface area contributed by atoms with Crippen LogP contribution in [0.4, 0.5) is 0 Å². The van der Waals surface area contributed by atoms with Crippen molar-refractivity contribution in [3.8, 4) is 0 Å². The van der Waals surface area contributed by atoms with Gasteiger partial charge in [-0.05, 0) is 63.7 Å². The Bertz CT molecular complexity index is 441. The molecule has 3 saturated heterocycles. The molecule has 1 atom stereocenters. The summed E-state index contributed by atoms with van der Waals surface area (Å²) in [5, 5.41) is 0. The zero-order valence-electron chi connectivity index (χ0n) is 19.2. The highest BCUT2D eigenvalue weighted by Crippen LogP contribution is 2.28. The van der Waals surface area contributed by atoms with Crippen molar-refractivity contribution in [1.82, 2.24) is 14.7 Å². The van der Waals surface area contributed by atoms with Gasteiger partial charge in [0.25, 0.3) is 0 Å². The molecule has 0 aliphatic carbocycles. The summed E-state index contributed by atoms with van der Waals surface area (Å²) in [6.07, 6.45) is 6.14. The second kappa shape index (κ2) is 12.1. The first-order valence-electron chi connectivity index (χ1n) is 11.9. The molecule has 3 aliphatic rings. The number of rotatable bonds is 5. The van der Waals surface area contributed by atoms with Crippen molar-refractivity contribution in [2.75, 3.05) is 52.4 Å². The van der Waals surface area contributed by atoms with Gasteiger partial charge in [-0.25, -0.2) is 0 Å². The van der Waals surface area contributed by atoms with Gasteiger partial charge < -0.3 is 19.4 Å². The Hall–Kier alpha value is -0.650. The standard InChI is InChI=1S/C21H39N3O2.C2H6/c1-4-21(25)24-13-14-26-20(16-24)15-22-9-7-19(8-10-22)23-11-5-18(6-12-23)17(2)3;1-2/h17-20H,4-16H2,1-3H3;1-2H3/t20-;/m0./s1. The largest absolute Gasteiger partial charge is 0.373 e. The lowest BCUT2D eigenvalue weighted by Crippen LogP contribution is -2.52. The normalized spacial score (nSPS) is 26.2. The summed E-state index contributed by atoms with van der Waals surface area (Å²) in [4.78, 5) is 19.2. The molecule has 0 aromatic carbocycles. The van der Waals surface area contributed by atoms with Crippen LogP contribution in [0.1, 0.15) is 66.7 Å². The summed E-state index contributed by atoms with van der Waals surface area (Å²) in [6, 6.07) is 0.782. The summed E-state index contributed by atoms with van der Waals surface area (Å²) < 4.78 is 5.94. The first kappa shape index (κ1) is 23.6. The predicted octanol–water partition coefficient (Wildman–Crippen LogP) is 3.48. The fourth-order valence-electron chi connectivity index (χ4n) is 4.99. The molecular weight excluding hydrogens is 350 g/mol. The van der Waals surface area contributed by atoms with Gasteiger partial charge in [0.2, 0.25) is 5.91 Å². The van der Waals surface area contributed by atoms with E-state index in [-0.39, 0.29) is 12.0 Å². The van der Waals surface area contributed by atoms with Crippen LogP contribution in [0.15, 0.2) is 0 Å². The van der Waals surface area contributed by atoms with Crippen LogP contribution in [0, 0.1) is 11.8 Å². The Balaban J connectivity index is 0.00000136. The average Bonchev–Trinajstić information content (AvgIpc) is 2.75. The molecule has 0 spiro atoms. The van der Waals surface area contributed by atoms with Crippen LogP contribution in [0.25, 0.3) is 0 Å². The first-order valence-corrected chi connectivity index (χ1v) is 11.9. The van der Waals surface area contributed by atoms with E-state index < -0.39 is 0 Å². The van der Waals surface area contributed by atoms with Crippen LogP contribution in [0.5, 0.6) is 0 Å². The molecule has 28 heavy (non-hydrogen) atoms. The fourth-order valence-corrected chi connectivity index (χ4v) is 4.99. The third-order valence-electron chi connectivity index (χ3n) is 6.85. The number of hydrogen-bond acceptors (Lipinski definition) is 4. The molecule has 3 aliphatic heterocycles. The summed E-state index contributed by atoms with van der Waals surface area (Å²) >= 11 is 0. The molecule has 3 heterocycles. The summed E-state index contributed by atoms with van der Waals surface area (Å²) in [7, 11) is 0. The van der Waals surface area contributed by atoms with E-state index in [9.17, 15) is 4.79 Å². The number of hydrogen-bond donors (Lipinski definition) is 0. The number of amides is 1. The number of morpholine rings is 1. The van der Waals surface area contributed by atoms with Crippen LogP contribution in [0.2, 0.25) is 0 Å². The van der Waals surface area contributed by atoms with E-state index in [1.807, 2.05) is 25.7 Å². The highest BCUT2D eigenvalue weighted by molar-refractivity contribution is 5.75. The molecular formula is C23H45N3O2. The van der Waals surface area contributed by atoms with Crippen molar-refractivity contribution in [1.29, 1.82) is 0 Å². The van der Waals surface area contributed by atoms with E-state index in [1.165, 1.54) is 51.9 Å². The third kappa shape index (κ3) is 6.70. The molecule has 0 aromatic heterocycles. The van der Waals surface area contributed by atoms with Gasteiger partial charge in [0.1, 0.15) is 0 Å². The summed E-state index contributed by atoms with van der Waals surface area (Å²) in [5.41, 5.74) is 0. The quantitative estimate of drug-likeness (QED) is 0.714. The highest BCUT2D eigenvalue weighted by atomic mass is 16.5. The minimum atomic E-state index is 0.192. The zero-order valence-corrected chi connectivity index (χ0v) is 19.2. The van der Waals surface area contributed by atoms with E-state index in [4.69, 9.17) is 4.74 Å². The van der Waals surface area contributed by atoms with Gasteiger partial charge in [-0.1, -0.05) is 34.6 Å². The Morgan fingerprint density at radius 2 is 1.64 bits per heavy atom. The number of carbonyl (C=O) groups excluding carboxylic acids is 1. The molecule has 5 nitrogen and oxygen atoms in total. The Morgan fingerprint density at radius 1 is 1.00 bits per heavy atom. The molecule has 0 unspecified atom stereocenters. The minimum Gasteiger partial charge on any atom is -0.373 e. The molecule has 1 amide bonds. The first-order chi connectivity index (χ1) is 13.6. The van der Waals surface area contributed by atoms with Crippen molar-refractivity contribution in [3.05, 3.63) is 0 Å². The fraction of sp³-hybridized carbons (Fsp3) is 0.957. The molecule has 5 heteroatoms. The third-order valence-corrected chi connectivity index (χ3v) is 6.85. The highest BCUT2D eigenvalue weighted by Gasteiger charge is 2.31. The monoisotopic (exact) mass is 395 g/mol. The lowest BCUT2D eigenvalue weighted by atomic mass is 9.85. The summed E-state index contributed by atoms with van der Waals surface area (Å²) in [6.45, 7) is 18.9. The number of carbonyl (C=O) groups is 1. The maximum Gasteiger partial charge on any atom is 0.222 e. The van der Waals surface area contributed by atoms with Gasteiger partial charge in [-0.15, -0.1) is 0 Å². The predicted molar refractivity (Wildman–Crippen MR) is 117 cm³/mol. The number of ether oxygens (including phenoxy) is 1. The molecule has 3 rings (SSSR count). The molecule has 0 bridgehead atoms. The van der Waals surface area contributed by atoms with Crippen LogP contribution in [-0.2, 0) is 9.53 Å². The molecule has 0 aromatic rings. The maximum atomic E-state index is 11.9.